The largest absolute Gasteiger partial charge is 0.481 e. The molecule has 0 spiro atoms. The van der Waals surface area contributed by atoms with Crippen molar-refractivity contribution >= 4 is 5.97 Å². The Bertz CT molecular complexity index is 295. The number of allylic oxidation sites excluding steroid dienone is 4. The van der Waals surface area contributed by atoms with Crippen molar-refractivity contribution in [2.24, 2.45) is 0 Å². The number of rotatable bonds is 14. The Hall–Kier alpha value is -1.09. The highest BCUT2D eigenvalue weighted by molar-refractivity contribution is 5.66. The Morgan fingerprint density at radius 3 is 2.19 bits per heavy atom. The highest BCUT2D eigenvalue weighted by Crippen LogP contribution is 2.10. The summed E-state index contributed by atoms with van der Waals surface area (Å²) in [4.78, 5) is 10.3. The van der Waals surface area contributed by atoms with E-state index in [1.165, 1.54) is 0 Å². The van der Waals surface area contributed by atoms with Gasteiger partial charge in [-0.05, 0) is 57.8 Å². The Balaban J connectivity index is 3.34. The fourth-order valence-electron chi connectivity index (χ4n) is 2.13. The molecular weight excluding hydrogens is 264 g/mol. The molecule has 0 fully saturated rings. The van der Waals surface area contributed by atoms with Gasteiger partial charge in [0.1, 0.15) is 0 Å². The summed E-state index contributed by atoms with van der Waals surface area (Å²) in [5.41, 5.74) is 0. The summed E-state index contributed by atoms with van der Waals surface area (Å²) in [6, 6.07) is 0. The summed E-state index contributed by atoms with van der Waals surface area (Å²) in [5.74, 6) is -0.715. The Kier molecular flexibility index (Phi) is 14.5. The lowest BCUT2D eigenvalue weighted by atomic mass is 10.1. The fourth-order valence-corrected chi connectivity index (χ4v) is 2.13. The minimum atomic E-state index is -0.715. The zero-order valence-electron chi connectivity index (χ0n) is 13.5. The van der Waals surface area contributed by atoms with Gasteiger partial charge in [0.2, 0.25) is 0 Å². The van der Waals surface area contributed by atoms with Crippen LogP contribution >= 0.6 is 0 Å². The maximum Gasteiger partial charge on any atom is 0.303 e. The average Bonchev–Trinajstić information content (AvgIpc) is 2.45. The standard InChI is InChI=1S/C18H32O3/c1-2-3-4-5-8-11-14-17(19)15-12-9-6-7-10-13-16-18(20)21/h3-4,6,9,17,19H,2,5,7-8,10-16H2,1H3,(H,20,21)/b4-3-,9-6-. The van der Waals surface area contributed by atoms with Crippen LogP contribution in [0, 0.1) is 0 Å². The molecule has 0 amide bonds. The van der Waals surface area contributed by atoms with Crippen molar-refractivity contribution in [3.8, 4) is 0 Å². The second-order valence-electron chi connectivity index (χ2n) is 5.51. The third kappa shape index (κ3) is 16.9. The number of hydrogen-bond donors (Lipinski definition) is 2. The molecular formula is C18H32O3. The number of aliphatic carboxylic acids is 1. The van der Waals surface area contributed by atoms with E-state index in [0.717, 1.165) is 64.2 Å². The van der Waals surface area contributed by atoms with Crippen molar-refractivity contribution in [2.45, 2.75) is 83.7 Å². The number of carboxylic acid groups (broad SMARTS) is 1. The molecule has 2 N–H and O–H groups in total. The van der Waals surface area contributed by atoms with Crippen LogP contribution in [-0.2, 0) is 4.79 Å². The molecule has 0 bridgehead atoms. The van der Waals surface area contributed by atoms with Crippen LogP contribution in [0.1, 0.15) is 77.6 Å². The molecule has 0 aliphatic carbocycles. The smallest absolute Gasteiger partial charge is 0.303 e. The first-order chi connectivity index (χ1) is 10.2. The minimum absolute atomic E-state index is 0.184. The predicted molar refractivity (Wildman–Crippen MR) is 88.4 cm³/mol. The number of unbranched alkanes of at least 4 members (excludes halogenated alkanes) is 4. The average molecular weight is 296 g/mol. The van der Waals surface area contributed by atoms with Crippen molar-refractivity contribution < 1.29 is 15.0 Å². The molecule has 0 aliphatic heterocycles. The number of aliphatic hydroxyl groups is 1. The summed E-state index contributed by atoms with van der Waals surface area (Å²) in [7, 11) is 0. The van der Waals surface area contributed by atoms with Crippen LogP contribution < -0.4 is 0 Å². The maximum atomic E-state index is 10.3. The third-order valence-electron chi connectivity index (χ3n) is 3.41. The lowest BCUT2D eigenvalue weighted by molar-refractivity contribution is -0.137. The van der Waals surface area contributed by atoms with Gasteiger partial charge in [-0.1, -0.05) is 37.6 Å². The van der Waals surface area contributed by atoms with Crippen LogP contribution in [0.25, 0.3) is 0 Å². The van der Waals surface area contributed by atoms with E-state index in [1.807, 2.05) is 0 Å². The van der Waals surface area contributed by atoms with Crippen LogP contribution in [-0.4, -0.2) is 22.3 Å². The Morgan fingerprint density at radius 1 is 0.905 bits per heavy atom. The molecule has 21 heavy (non-hydrogen) atoms. The van der Waals surface area contributed by atoms with Gasteiger partial charge in [-0.3, -0.25) is 4.79 Å². The topological polar surface area (TPSA) is 57.5 Å². The van der Waals surface area contributed by atoms with Crippen molar-refractivity contribution in [2.75, 3.05) is 0 Å². The molecule has 122 valence electrons. The fraction of sp³-hybridized carbons (Fsp3) is 0.722. The first-order valence-electron chi connectivity index (χ1n) is 8.36. The SMILES string of the molecule is CC/C=C\CCCCC(O)CC/C=C\CCCCC(=O)O. The molecule has 1 atom stereocenters. The molecule has 0 aromatic heterocycles. The second-order valence-corrected chi connectivity index (χ2v) is 5.51. The van der Waals surface area contributed by atoms with E-state index in [9.17, 15) is 9.90 Å². The van der Waals surface area contributed by atoms with E-state index in [1.54, 1.807) is 0 Å². The molecule has 0 saturated carbocycles. The number of aliphatic hydroxyl groups excluding tert-OH is 1. The molecule has 0 aromatic carbocycles. The second kappa shape index (κ2) is 15.3. The molecule has 1 unspecified atom stereocenters. The summed E-state index contributed by atoms with van der Waals surface area (Å²) >= 11 is 0. The van der Waals surface area contributed by atoms with Crippen molar-refractivity contribution in [1.82, 2.24) is 0 Å². The predicted octanol–water partition coefficient (Wildman–Crippen LogP) is 4.86. The summed E-state index contributed by atoms with van der Waals surface area (Å²) in [5, 5.41) is 18.3. The van der Waals surface area contributed by atoms with E-state index in [0.29, 0.717) is 0 Å². The van der Waals surface area contributed by atoms with Crippen molar-refractivity contribution in [3.05, 3.63) is 24.3 Å². The normalized spacial score (nSPS) is 13.2. The van der Waals surface area contributed by atoms with Crippen LogP contribution in [0.4, 0.5) is 0 Å². The van der Waals surface area contributed by atoms with E-state index in [-0.39, 0.29) is 12.5 Å². The molecule has 3 nitrogen and oxygen atoms in total. The van der Waals surface area contributed by atoms with Gasteiger partial charge < -0.3 is 10.2 Å². The first kappa shape index (κ1) is 19.9. The van der Waals surface area contributed by atoms with Gasteiger partial charge in [0.05, 0.1) is 6.10 Å². The zero-order chi connectivity index (χ0) is 15.8. The van der Waals surface area contributed by atoms with Crippen molar-refractivity contribution in [1.29, 1.82) is 0 Å². The van der Waals surface area contributed by atoms with Gasteiger partial charge in [-0.2, -0.15) is 0 Å². The van der Waals surface area contributed by atoms with E-state index in [2.05, 4.69) is 31.2 Å². The van der Waals surface area contributed by atoms with Crippen LogP contribution in [0.3, 0.4) is 0 Å². The highest BCUT2D eigenvalue weighted by Gasteiger charge is 2.01. The van der Waals surface area contributed by atoms with Gasteiger partial charge in [-0.15, -0.1) is 0 Å². The van der Waals surface area contributed by atoms with Crippen molar-refractivity contribution in [3.63, 3.8) is 0 Å². The van der Waals surface area contributed by atoms with Gasteiger partial charge in [0.15, 0.2) is 0 Å². The molecule has 3 heteroatoms. The Labute approximate surface area is 129 Å². The summed E-state index contributed by atoms with van der Waals surface area (Å²) in [6.07, 6.45) is 18.4. The highest BCUT2D eigenvalue weighted by atomic mass is 16.4. The number of hydrogen-bond acceptors (Lipinski definition) is 2. The van der Waals surface area contributed by atoms with E-state index < -0.39 is 5.97 Å². The number of carbonyl (C=O) groups is 1. The molecule has 0 heterocycles. The number of carboxylic acids is 1. The molecule has 0 rings (SSSR count). The monoisotopic (exact) mass is 296 g/mol. The molecule has 0 saturated heterocycles. The van der Waals surface area contributed by atoms with Gasteiger partial charge >= 0.3 is 5.97 Å². The van der Waals surface area contributed by atoms with E-state index >= 15 is 0 Å². The summed E-state index contributed by atoms with van der Waals surface area (Å²) in [6.45, 7) is 2.14. The van der Waals surface area contributed by atoms with Crippen LogP contribution in [0.15, 0.2) is 24.3 Å². The van der Waals surface area contributed by atoms with Gasteiger partial charge in [0.25, 0.3) is 0 Å². The third-order valence-corrected chi connectivity index (χ3v) is 3.41. The quantitative estimate of drug-likeness (QED) is 0.355. The first-order valence-corrected chi connectivity index (χ1v) is 8.36. The maximum absolute atomic E-state index is 10.3. The van der Waals surface area contributed by atoms with Crippen LogP contribution in [0.5, 0.6) is 0 Å². The minimum Gasteiger partial charge on any atom is -0.481 e. The molecule has 0 radical (unpaired) electrons. The molecule has 0 aromatic rings. The van der Waals surface area contributed by atoms with E-state index in [4.69, 9.17) is 5.11 Å². The van der Waals surface area contributed by atoms with Gasteiger partial charge in [-0.25, -0.2) is 0 Å². The van der Waals surface area contributed by atoms with Crippen LogP contribution in [0.2, 0.25) is 0 Å². The Morgan fingerprint density at radius 2 is 1.52 bits per heavy atom. The van der Waals surface area contributed by atoms with Gasteiger partial charge in [0, 0.05) is 6.42 Å². The lowest BCUT2D eigenvalue weighted by Crippen LogP contribution is -2.05. The zero-order valence-corrected chi connectivity index (χ0v) is 13.5. The summed E-state index contributed by atoms with van der Waals surface area (Å²) < 4.78 is 0. The molecule has 0 aliphatic rings. The lowest BCUT2D eigenvalue weighted by Gasteiger charge is -2.08.